The largest absolute Gasteiger partial charge is 0.352 e. The minimum Gasteiger partial charge on any atom is -0.352 e. The highest BCUT2D eigenvalue weighted by Crippen LogP contribution is 2.19. The zero-order valence-electron chi connectivity index (χ0n) is 13.4. The van der Waals surface area contributed by atoms with E-state index in [0.717, 1.165) is 0 Å². The molecule has 0 rings (SSSR count). The Bertz CT molecular complexity index is 294. The third kappa shape index (κ3) is 10.7. The molecule has 0 aromatic heterocycles. The van der Waals surface area contributed by atoms with Gasteiger partial charge in [-0.15, -0.1) is 0 Å². The molecule has 0 saturated heterocycles. The number of rotatable bonds is 6. The fraction of sp³-hybridized carbons (Fsp3) is 0.800. The van der Waals surface area contributed by atoms with E-state index in [0.29, 0.717) is 18.5 Å². The van der Waals surface area contributed by atoms with Gasteiger partial charge in [0.25, 0.3) is 0 Å². The molecule has 0 aromatic rings. The van der Waals surface area contributed by atoms with Crippen molar-refractivity contribution in [3.05, 3.63) is 12.2 Å². The van der Waals surface area contributed by atoms with Crippen molar-refractivity contribution in [3.63, 3.8) is 0 Å². The fourth-order valence-electron chi connectivity index (χ4n) is 1.39. The summed E-state index contributed by atoms with van der Waals surface area (Å²) in [7, 11) is 0. The number of ether oxygens (including phenoxy) is 2. The standard InChI is InChI=1S/C15H29NO3/c1-11(2)13(17)16-10-9-12(18-14(3,4)5)19-15(6,7)8/h12H,1,9-10H2,2-8H3,(H,16,17). The van der Waals surface area contributed by atoms with Crippen LogP contribution in [0.3, 0.4) is 0 Å². The maximum Gasteiger partial charge on any atom is 0.246 e. The molecule has 112 valence electrons. The second-order valence-corrected chi connectivity index (χ2v) is 6.71. The highest BCUT2D eigenvalue weighted by Gasteiger charge is 2.24. The molecular formula is C15H29NO3. The van der Waals surface area contributed by atoms with Crippen molar-refractivity contribution in [2.24, 2.45) is 0 Å². The second kappa shape index (κ2) is 7.06. The lowest BCUT2D eigenvalue weighted by molar-refractivity contribution is -0.235. The van der Waals surface area contributed by atoms with Crippen LogP contribution in [-0.4, -0.2) is 29.9 Å². The van der Waals surface area contributed by atoms with E-state index in [1.165, 1.54) is 0 Å². The van der Waals surface area contributed by atoms with Crippen LogP contribution in [0.25, 0.3) is 0 Å². The molecule has 0 fully saturated rings. The Kier molecular flexibility index (Phi) is 6.73. The number of carbonyl (C=O) groups is 1. The molecule has 0 aromatic carbocycles. The first kappa shape index (κ1) is 18.1. The van der Waals surface area contributed by atoms with E-state index in [2.05, 4.69) is 11.9 Å². The molecule has 0 aliphatic carbocycles. The Labute approximate surface area is 117 Å². The maximum absolute atomic E-state index is 11.4. The second-order valence-electron chi connectivity index (χ2n) is 6.71. The summed E-state index contributed by atoms with van der Waals surface area (Å²) in [5, 5.41) is 2.79. The van der Waals surface area contributed by atoms with E-state index < -0.39 is 0 Å². The van der Waals surface area contributed by atoms with Gasteiger partial charge in [0.05, 0.1) is 11.2 Å². The first-order valence-electron chi connectivity index (χ1n) is 6.70. The molecule has 0 aliphatic rings. The van der Waals surface area contributed by atoms with Crippen molar-refractivity contribution in [3.8, 4) is 0 Å². The van der Waals surface area contributed by atoms with Crippen molar-refractivity contribution in [2.75, 3.05) is 6.54 Å². The van der Waals surface area contributed by atoms with E-state index in [4.69, 9.17) is 9.47 Å². The summed E-state index contributed by atoms with van der Waals surface area (Å²) < 4.78 is 11.7. The van der Waals surface area contributed by atoms with Gasteiger partial charge >= 0.3 is 0 Å². The SMILES string of the molecule is C=C(C)C(=O)NCCC(OC(C)(C)C)OC(C)(C)C. The van der Waals surface area contributed by atoms with Gasteiger partial charge in [-0.1, -0.05) is 6.58 Å². The molecular weight excluding hydrogens is 242 g/mol. The van der Waals surface area contributed by atoms with Gasteiger partial charge in [-0.05, 0) is 48.5 Å². The van der Waals surface area contributed by atoms with Crippen molar-refractivity contribution in [1.82, 2.24) is 5.32 Å². The lowest BCUT2D eigenvalue weighted by Crippen LogP contribution is -2.38. The molecule has 19 heavy (non-hydrogen) atoms. The minimum atomic E-state index is -0.342. The average molecular weight is 271 g/mol. The first-order valence-corrected chi connectivity index (χ1v) is 6.70. The fourth-order valence-corrected chi connectivity index (χ4v) is 1.39. The monoisotopic (exact) mass is 271 g/mol. The molecule has 0 spiro atoms. The number of nitrogens with one attached hydrogen (secondary N) is 1. The predicted octanol–water partition coefficient (Wildman–Crippen LogP) is 3.03. The molecule has 0 saturated carbocycles. The van der Waals surface area contributed by atoms with E-state index in [-0.39, 0.29) is 23.4 Å². The third-order valence-electron chi connectivity index (χ3n) is 2.02. The molecule has 4 nitrogen and oxygen atoms in total. The normalized spacial score (nSPS) is 12.6. The van der Waals surface area contributed by atoms with Crippen LogP contribution < -0.4 is 5.32 Å². The molecule has 0 aliphatic heterocycles. The first-order chi connectivity index (χ1) is 8.41. The molecule has 0 bridgehead atoms. The Morgan fingerprint density at radius 1 is 1.11 bits per heavy atom. The quantitative estimate of drug-likeness (QED) is 0.596. The summed E-state index contributed by atoms with van der Waals surface area (Å²) in [6.45, 7) is 17.7. The highest BCUT2D eigenvalue weighted by atomic mass is 16.7. The summed E-state index contributed by atoms with van der Waals surface area (Å²) in [6, 6.07) is 0. The number of hydrogen-bond donors (Lipinski definition) is 1. The summed E-state index contributed by atoms with van der Waals surface area (Å²) in [5.74, 6) is -0.134. The lowest BCUT2D eigenvalue weighted by atomic mass is 10.1. The highest BCUT2D eigenvalue weighted by molar-refractivity contribution is 5.91. The van der Waals surface area contributed by atoms with Crippen molar-refractivity contribution in [2.45, 2.75) is 72.4 Å². The summed E-state index contributed by atoms with van der Waals surface area (Å²) in [6.07, 6.45) is 0.263. The van der Waals surface area contributed by atoms with Crippen LogP contribution in [0.15, 0.2) is 12.2 Å². The van der Waals surface area contributed by atoms with E-state index in [1.807, 2.05) is 41.5 Å². The number of amides is 1. The topological polar surface area (TPSA) is 47.6 Å². The van der Waals surface area contributed by atoms with E-state index in [1.54, 1.807) is 6.92 Å². The van der Waals surface area contributed by atoms with Gasteiger partial charge < -0.3 is 14.8 Å². The number of carbonyl (C=O) groups excluding carboxylic acids is 1. The summed E-state index contributed by atoms with van der Waals surface area (Å²) in [4.78, 5) is 11.4. The Morgan fingerprint density at radius 3 is 1.84 bits per heavy atom. The molecule has 1 N–H and O–H groups in total. The number of hydrogen-bond acceptors (Lipinski definition) is 3. The Hall–Kier alpha value is -0.870. The average Bonchev–Trinajstić information content (AvgIpc) is 2.11. The summed E-state index contributed by atoms with van der Waals surface area (Å²) >= 11 is 0. The molecule has 0 unspecified atom stereocenters. The lowest BCUT2D eigenvalue weighted by Gasteiger charge is -2.32. The Morgan fingerprint density at radius 2 is 1.53 bits per heavy atom. The van der Waals surface area contributed by atoms with Crippen LogP contribution in [0.2, 0.25) is 0 Å². The van der Waals surface area contributed by atoms with Crippen LogP contribution in [0.4, 0.5) is 0 Å². The van der Waals surface area contributed by atoms with Gasteiger partial charge in [-0.3, -0.25) is 4.79 Å². The van der Waals surface area contributed by atoms with Gasteiger partial charge in [0.15, 0.2) is 6.29 Å². The summed E-state index contributed by atoms with van der Waals surface area (Å²) in [5.41, 5.74) is -0.0622. The molecule has 1 amide bonds. The van der Waals surface area contributed by atoms with Crippen molar-refractivity contribution >= 4 is 5.91 Å². The van der Waals surface area contributed by atoms with Crippen LogP contribution in [0.1, 0.15) is 54.9 Å². The molecule has 4 heteroatoms. The van der Waals surface area contributed by atoms with Gasteiger partial charge in [0.2, 0.25) is 5.91 Å². The molecule has 0 radical (unpaired) electrons. The van der Waals surface area contributed by atoms with Crippen LogP contribution in [0.5, 0.6) is 0 Å². The molecule has 0 atom stereocenters. The van der Waals surface area contributed by atoms with E-state index >= 15 is 0 Å². The Balaban J connectivity index is 4.35. The van der Waals surface area contributed by atoms with Gasteiger partial charge in [0.1, 0.15) is 0 Å². The van der Waals surface area contributed by atoms with Gasteiger partial charge in [-0.2, -0.15) is 0 Å². The van der Waals surface area contributed by atoms with E-state index in [9.17, 15) is 4.79 Å². The smallest absolute Gasteiger partial charge is 0.246 e. The minimum absolute atomic E-state index is 0.134. The van der Waals surface area contributed by atoms with Crippen molar-refractivity contribution < 1.29 is 14.3 Å². The predicted molar refractivity (Wildman–Crippen MR) is 77.9 cm³/mol. The van der Waals surface area contributed by atoms with Crippen LogP contribution >= 0.6 is 0 Å². The molecule has 0 heterocycles. The zero-order valence-corrected chi connectivity index (χ0v) is 13.4. The third-order valence-corrected chi connectivity index (χ3v) is 2.02. The zero-order chi connectivity index (χ0) is 15.3. The van der Waals surface area contributed by atoms with Gasteiger partial charge in [0, 0.05) is 18.5 Å². The van der Waals surface area contributed by atoms with Crippen LogP contribution in [-0.2, 0) is 14.3 Å². The maximum atomic E-state index is 11.4. The van der Waals surface area contributed by atoms with Crippen LogP contribution in [0, 0.1) is 0 Å². The van der Waals surface area contributed by atoms with Crippen molar-refractivity contribution in [1.29, 1.82) is 0 Å². The van der Waals surface area contributed by atoms with Gasteiger partial charge in [-0.25, -0.2) is 0 Å².